The van der Waals surface area contributed by atoms with Crippen LogP contribution in [0.3, 0.4) is 0 Å². The first-order valence-corrected chi connectivity index (χ1v) is 22.7. The van der Waals surface area contributed by atoms with E-state index in [-0.39, 0.29) is 0 Å². The van der Waals surface area contributed by atoms with Gasteiger partial charge in [0, 0.05) is 54.0 Å². The molecule has 0 N–H and O–H groups in total. The summed E-state index contributed by atoms with van der Waals surface area (Å²) in [6.07, 6.45) is 6.00. The fourth-order valence-corrected chi connectivity index (χ4v) is 10.8. The van der Waals surface area contributed by atoms with E-state index in [0.717, 1.165) is 83.2 Å². The molecule has 0 fully saturated rings. The predicted octanol–water partition coefficient (Wildman–Crippen LogP) is 15.3. The maximum Gasteiger partial charge on any atom is 0.164 e. The Morgan fingerprint density at radius 3 is 1.88 bits per heavy atom. The quantitative estimate of drug-likeness (QED) is 0.143. The van der Waals surface area contributed by atoms with Crippen LogP contribution >= 0.6 is 11.3 Å². The highest BCUT2D eigenvalue weighted by Crippen LogP contribution is 2.44. The number of nitrogens with zero attached hydrogens (tertiary/aromatic N) is 6. The van der Waals surface area contributed by atoms with E-state index in [0.29, 0.717) is 23.0 Å². The van der Waals surface area contributed by atoms with Crippen LogP contribution in [0.2, 0.25) is 0 Å². The summed E-state index contributed by atoms with van der Waals surface area (Å²) >= 11 is 1.82. The highest BCUT2D eigenvalue weighted by atomic mass is 32.1. The Labute approximate surface area is 385 Å². The lowest BCUT2D eigenvalue weighted by Gasteiger charge is -2.14. The summed E-state index contributed by atoms with van der Waals surface area (Å²) in [5, 5.41) is 16.9. The van der Waals surface area contributed by atoms with Gasteiger partial charge in [-0.1, -0.05) is 158 Å². The van der Waals surface area contributed by atoms with Crippen LogP contribution in [0.4, 0.5) is 0 Å². The molecule has 0 aliphatic rings. The Hall–Kier alpha value is -8.70. The number of aryl methyl sites for hydroxylation is 1. The zero-order chi connectivity index (χ0) is 44.3. The number of benzene rings is 8. The van der Waals surface area contributed by atoms with Gasteiger partial charge in [-0.2, -0.15) is 5.26 Å². The largest absolute Gasteiger partial charge is 0.308 e. The molecule has 12 rings (SSSR count). The van der Waals surface area contributed by atoms with E-state index in [2.05, 4.69) is 150 Å². The van der Waals surface area contributed by atoms with Crippen LogP contribution < -0.4 is 0 Å². The van der Waals surface area contributed by atoms with Crippen molar-refractivity contribution in [1.82, 2.24) is 24.1 Å². The molecule has 12 aromatic rings. The van der Waals surface area contributed by atoms with Gasteiger partial charge in [0.2, 0.25) is 0 Å². The summed E-state index contributed by atoms with van der Waals surface area (Å²) in [6, 6.07) is 65.4. The van der Waals surface area contributed by atoms with Crippen molar-refractivity contribution in [1.29, 1.82) is 5.26 Å². The number of hydrogen-bond donors (Lipinski definition) is 0. The molecule has 7 heteroatoms. The van der Waals surface area contributed by atoms with E-state index in [1.165, 1.54) is 20.2 Å². The van der Waals surface area contributed by atoms with E-state index in [4.69, 9.17) is 15.0 Å². The highest BCUT2D eigenvalue weighted by molar-refractivity contribution is 7.26. The molecule has 0 atom stereocenters. The van der Waals surface area contributed by atoms with E-state index in [1.54, 1.807) is 0 Å². The maximum atomic E-state index is 11.1. The molecule has 4 aromatic heterocycles. The molecule has 0 spiro atoms. The van der Waals surface area contributed by atoms with E-state index in [9.17, 15) is 5.26 Å². The lowest BCUT2D eigenvalue weighted by molar-refractivity contribution is 1.07. The topological polar surface area (TPSA) is 72.3 Å². The van der Waals surface area contributed by atoms with Gasteiger partial charge in [0.15, 0.2) is 17.5 Å². The number of fused-ring (bicyclic) bond motifs is 8. The van der Waals surface area contributed by atoms with Gasteiger partial charge in [-0.05, 0) is 72.2 Å². The summed E-state index contributed by atoms with van der Waals surface area (Å²) < 4.78 is 7.16. The van der Waals surface area contributed by atoms with Crippen LogP contribution in [0.1, 0.15) is 16.8 Å². The van der Waals surface area contributed by atoms with Crippen molar-refractivity contribution in [2.24, 2.45) is 0 Å². The minimum absolute atomic E-state index is 0.487. The first-order valence-electron chi connectivity index (χ1n) is 21.9. The Kier molecular flexibility index (Phi) is 9.34. The number of allylic oxidation sites excluding steroid dienone is 2. The highest BCUT2D eigenvalue weighted by Gasteiger charge is 2.24. The molecule has 0 saturated heterocycles. The van der Waals surface area contributed by atoms with Gasteiger partial charge in [0.1, 0.15) is 6.07 Å². The number of para-hydroxylation sites is 1. The number of rotatable bonds is 8. The third-order valence-corrected chi connectivity index (χ3v) is 13.8. The van der Waals surface area contributed by atoms with Crippen molar-refractivity contribution in [2.75, 3.05) is 0 Å². The minimum atomic E-state index is 0.487. The molecule has 8 aromatic carbocycles. The van der Waals surface area contributed by atoms with Crippen molar-refractivity contribution in [3.63, 3.8) is 0 Å². The summed E-state index contributed by atoms with van der Waals surface area (Å²) in [6.45, 7) is 6.24. The summed E-state index contributed by atoms with van der Waals surface area (Å²) in [5.74, 6) is 1.60. The monoisotopic (exact) mass is 862 g/mol. The number of aromatic nitrogens is 5. The molecule has 310 valence electrons. The van der Waals surface area contributed by atoms with Crippen molar-refractivity contribution in [3.8, 4) is 62.7 Å². The molecular weight excluding hydrogens is 825 g/mol. The van der Waals surface area contributed by atoms with E-state index >= 15 is 0 Å². The average Bonchev–Trinajstić information content (AvgIpc) is 4.03. The first kappa shape index (κ1) is 38.9. The van der Waals surface area contributed by atoms with Crippen LogP contribution in [-0.4, -0.2) is 24.1 Å². The lowest BCUT2D eigenvalue weighted by atomic mass is 10.0. The molecule has 0 bridgehead atoms. The molecule has 0 aliphatic carbocycles. The van der Waals surface area contributed by atoms with Gasteiger partial charge < -0.3 is 9.13 Å². The molecule has 4 heterocycles. The Morgan fingerprint density at radius 1 is 0.530 bits per heavy atom. The SMILES string of the molecule is C=C/C=C\c1c(C)c2c(ccc3c4ccccc4n(-c4ccc(-c5nc(-c6ccccc6)nc(-c6ccc(-c7ccccc7)cc6)n5)cc4C#N)c32)n1-c1cccc2c1sc1ccccc12. The first-order chi connectivity index (χ1) is 32.6. The standard InChI is InChI=1S/C59H38N6S/c1-3-4-23-48-37(2)54-51(64(48)52-25-15-22-47-45-21-12-14-26-53(45)66-56(47)52)34-32-46-44-20-11-13-24-50(44)65(55(46)54)49-33-31-42(35-43(49)36-60)59-62-57(40-18-9-6-10-19-40)61-58(63-59)41-29-27-39(28-30-41)38-16-7-5-8-17-38/h3-35H,1H2,2H3/b23-4-. The van der Waals surface area contributed by atoms with E-state index in [1.807, 2.05) is 90.2 Å². The van der Waals surface area contributed by atoms with E-state index < -0.39 is 0 Å². The van der Waals surface area contributed by atoms with Gasteiger partial charge in [-0.25, -0.2) is 15.0 Å². The molecule has 0 radical (unpaired) electrons. The summed E-state index contributed by atoms with van der Waals surface area (Å²) in [4.78, 5) is 15.1. The number of hydrogen-bond acceptors (Lipinski definition) is 5. The Morgan fingerprint density at radius 2 is 1.14 bits per heavy atom. The van der Waals surface area contributed by atoms with Crippen molar-refractivity contribution < 1.29 is 0 Å². The van der Waals surface area contributed by atoms with Gasteiger partial charge in [0.05, 0.1) is 38.2 Å². The zero-order valence-corrected chi connectivity index (χ0v) is 36.7. The summed E-state index contributed by atoms with van der Waals surface area (Å²) in [5.41, 5.74) is 12.5. The maximum absolute atomic E-state index is 11.1. The fourth-order valence-electron chi connectivity index (χ4n) is 9.56. The number of thiophene rings is 1. The normalized spacial score (nSPS) is 11.7. The molecule has 6 nitrogen and oxygen atoms in total. The Bertz CT molecular complexity index is 3960. The predicted molar refractivity (Wildman–Crippen MR) is 274 cm³/mol. The molecule has 0 unspecified atom stereocenters. The second kappa shape index (κ2) is 15.8. The van der Waals surface area contributed by atoms with Crippen LogP contribution in [0, 0.1) is 18.3 Å². The van der Waals surface area contributed by atoms with Gasteiger partial charge in [-0.3, -0.25) is 0 Å². The van der Waals surface area contributed by atoms with Crippen molar-refractivity contribution >= 4 is 70.3 Å². The van der Waals surface area contributed by atoms with Gasteiger partial charge in [0.25, 0.3) is 0 Å². The third-order valence-electron chi connectivity index (χ3n) is 12.6. The molecule has 66 heavy (non-hydrogen) atoms. The van der Waals surface area contributed by atoms with Crippen LogP contribution in [-0.2, 0) is 0 Å². The number of nitriles is 1. The molecule has 0 amide bonds. The van der Waals surface area contributed by atoms with Crippen LogP contribution in [0.15, 0.2) is 201 Å². The van der Waals surface area contributed by atoms with Crippen molar-refractivity contribution in [3.05, 3.63) is 218 Å². The Balaban J connectivity index is 1.07. The van der Waals surface area contributed by atoms with Crippen molar-refractivity contribution in [2.45, 2.75) is 6.92 Å². The lowest BCUT2D eigenvalue weighted by Crippen LogP contribution is -2.02. The zero-order valence-electron chi connectivity index (χ0n) is 35.9. The van der Waals surface area contributed by atoms with Crippen LogP contribution in [0.5, 0.6) is 0 Å². The summed E-state index contributed by atoms with van der Waals surface area (Å²) in [7, 11) is 0. The third kappa shape index (κ3) is 6.27. The van der Waals surface area contributed by atoms with Crippen LogP contribution in [0.25, 0.3) is 116 Å². The smallest absolute Gasteiger partial charge is 0.164 e. The average molecular weight is 863 g/mol. The minimum Gasteiger partial charge on any atom is -0.308 e. The second-order valence-electron chi connectivity index (χ2n) is 16.4. The second-order valence-corrected chi connectivity index (χ2v) is 17.4. The fraction of sp³-hybridized carbons (Fsp3) is 0.0169. The van der Waals surface area contributed by atoms with Gasteiger partial charge in [-0.15, -0.1) is 11.3 Å². The van der Waals surface area contributed by atoms with Gasteiger partial charge >= 0.3 is 0 Å². The molecule has 0 aliphatic heterocycles. The molecule has 0 saturated carbocycles. The molecular formula is C59H38N6S.